The first-order valence-corrected chi connectivity index (χ1v) is 5.61. The smallest absolute Gasteiger partial charge is 0.307 e. The summed E-state index contributed by atoms with van der Waals surface area (Å²) in [4.78, 5) is 22.2. The molecule has 2 atom stereocenters. The van der Waals surface area contributed by atoms with Crippen molar-refractivity contribution in [2.24, 2.45) is 11.8 Å². The number of nitrogens with zero attached hydrogens (tertiary/aromatic N) is 1. The Bertz CT molecular complexity index is 516. The number of hydrogen-bond donors (Lipinski definition) is 2. The Balaban J connectivity index is 1.83. The van der Waals surface area contributed by atoms with Gasteiger partial charge >= 0.3 is 5.97 Å². The van der Waals surface area contributed by atoms with E-state index in [1.54, 1.807) is 24.3 Å². The lowest BCUT2D eigenvalue weighted by Gasteiger charge is -2.04. The maximum atomic E-state index is 11.6. The topological polar surface area (TPSA) is 90.2 Å². The highest BCUT2D eigenvalue weighted by Gasteiger charge is 2.48. The summed E-state index contributed by atoms with van der Waals surface area (Å²) in [5.41, 5.74) is 1.45. The monoisotopic (exact) mass is 244 g/mol. The molecule has 0 bridgehead atoms. The minimum absolute atomic E-state index is 0.216. The van der Waals surface area contributed by atoms with Gasteiger partial charge in [-0.2, -0.15) is 5.26 Å². The van der Waals surface area contributed by atoms with Gasteiger partial charge in [0.2, 0.25) is 5.91 Å². The number of rotatable bonds is 4. The van der Waals surface area contributed by atoms with Crippen molar-refractivity contribution in [2.75, 3.05) is 0 Å². The molecule has 1 fully saturated rings. The molecule has 1 aromatic carbocycles. The lowest BCUT2D eigenvalue weighted by atomic mass is 10.1. The van der Waals surface area contributed by atoms with Gasteiger partial charge in [-0.1, -0.05) is 12.1 Å². The summed E-state index contributed by atoms with van der Waals surface area (Å²) in [6.07, 6.45) is 0.425. The fraction of sp³-hybridized carbons (Fsp3) is 0.308. The third kappa shape index (κ3) is 2.66. The van der Waals surface area contributed by atoms with Crippen LogP contribution < -0.4 is 5.32 Å². The van der Waals surface area contributed by atoms with E-state index in [4.69, 9.17) is 10.4 Å². The number of nitrogens with one attached hydrogen (secondary N) is 1. The first kappa shape index (κ1) is 12.1. The maximum Gasteiger partial charge on any atom is 0.307 e. The standard InChI is InChI=1S/C13H12N2O3/c14-6-8-1-3-9(4-2-8)7-15-12(16)10-5-11(10)13(17)18/h1-4,10-11H,5,7H2,(H,15,16)(H,17,18)/t10-,11+/m1/s1. The Kier molecular flexibility index (Phi) is 3.28. The summed E-state index contributed by atoms with van der Waals surface area (Å²) in [5, 5.41) is 20.0. The Morgan fingerprint density at radius 3 is 2.50 bits per heavy atom. The zero-order valence-corrected chi connectivity index (χ0v) is 9.59. The van der Waals surface area contributed by atoms with Gasteiger partial charge in [-0.25, -0.2) is 0 Å². The molecular formula is C13H12N2O3. The molecule has 18 heavy (non-hydrogen) atoms. The van der Waals surface area contributed by atoms with Crippen molar-refractivity contribution in [3.05, 3.63) is 35.4 Å². The second-order valence-electron chi connectivity index (χ2n) is 4.31. The summed E-state index contributed by atoms with van der Waals surface area (Å²) in [6.45, 7) is 0.355. The number of hydrogen-bond acceptors (Lipinski definition) is 3. The van der Waals surface area contributed by atoms with Gasteiger partial charge in [-0.15, -0.1) is 0 Å². The Hall–Kier alpha value is -2.35. The van der Waals surface area contributed by atoms with Crippen molar-refractivity contribution in [1.82, 2.24) is 5.32 Å². The summed E-state index contributed by atoms with van der Waals surface area (Å²) < 4.78 is 0. The molecular weight excluding hydrogens is 232 g/mol. The Morgan fingerprint density at radius 1 is 1.33 bits per heavy atom. The van der Waals surface area contributed by atoms with Crippen molar-refractivity contribution < 1.29 is 14.7 Å². The highest BCUT2D eigenvalue weighted by molar-refractivity contribution is 5.89. The van der Waals surface area contributed by atoms with Crippen LogP contribution in [0, 0.1) is 23.2 Å². The van der Waals surface area contributed by atoms with Gasteiger partial charge in [0.25, 0.3) is 0 Å². The summed E-state index contributed by atoms with van der Waals surface area (Å²) in [7, 11) is 0. The first-order valence-electron chi connectivity index (χ1n) is 5.61. The third-order valence-electron chi connectivity index (χ3n) is 2.99. The first-order chi connectivity index (χ1) is 8.61. The molecule has 2 rings (SSSR count). The van der Waals surface area contributed by atoms with Gasteiger partial charge in [-0.05, 0) is 24.1 Å². The molecule has 0 aliphatic heterocycles. The van der Waals surface area contributed by atoms with Crippen LogP contribution in [0.25, 0.3) is 0 Å². The second-order valence-corrected chi connectivity index (χ2v) is 4.31. The van der Waals surface area contributed by atoms with Crippen LogP contribution in [0.3, 0.4) is 0 Å². The quantitative estimate of drug-likeness (QED) is 0.823. The van der Waals surface area contributed by atoms with Crippen LogP contribution >= 0.6 is 0 Å². The fourth-order valence-corrected chi connectivity index (χ4v) is 1.78. The number of aliphatic carboxylic acids is 1. The van der Waals surface area contributed by atoms with Crippen LogP contribution in [-0.2, 0) is 16.1 Å². The van der Waals surface area contributed by atoms with E-state index in [2.05, 4.69) is 5.32 Å². The van der Waals surface area contributed by atoms with Crippen molar-refractivity contribution in [3.63, 3.8) is 0 Å². The average molecular weight is 244 g/mol. The zero-order chi connectivity index (χ0) is 13.1. The number of amides is 1. The van der Waals surface area contributed by atoms with E-state index < -0.39 is 11.9 Å². The van der Waals surface area contributed by atoms with E-state index in [-0.39, 0.29) is 11.8 Å². The molecule has 1 aliphatic rings. The number of carbonyl (C=O) groups is 2. The molecule has 5 nitrogen and oxygen atoms in total. The molecule has 0 aromatic heterocycles. The number of benzene rings is 1. The Labute approximate surface area is 104 Å². The van der Waals surface area contributed by atoms with E-state index in [9.17, 15) is 9.59 Å². The largest absolute Gasteiger partial charge is 0.481 e. The molecule has 1 aromatic rings. The van der Waals surface area contributed by atoms with Crippen molar-refractivity contribution >= 4 is 11.9 Å². The molecule has 0 heterocycles. The SMILES string of the molecule is N#Cc1ccc(CNC(=O)[C@@H]2C[C@@H]2C(=O)O)cc1. The van der Waals surface area contributed by atoms with Gasteiger partial charge < -0.3 is 10.4 Å². The molecule has 0 saturated heterocycles. The van der Waals surface area contributed by atoms with E-state index >= 15 is 0 Å². The lowest BCUT2D eigenvalue weighted by molar-refractivity contribution is -0.140. The minimum Gasteiger partial charge on any atom is -0.481 e. The molecule has 1 saturated carbocycles. The van der Waals surface area contributed by atoms with E-state index in [1.807, 2.05) is 6.07 Å². The van der Waals surface area contributed by atoms with Crippen LogP contribution in [0.4, 0.5) is 0 Å². The molecule has 0 unspecified atom stereocenters. The predicted octanol–water partition coefficient (Wildman–Crippen LogP) is 0.895. The van der Waals surface area contributed by atoms with Crippen LogP contribution in [-0.4, -0.2) is 17.0 Å². The highest BCUT2D eigenvalue weighted by Crippen LogP contribution is 2.38. The summed E-state index contributed by atoms with van der Waals surface area (Å²) in [5.74, 6) is -2.04. The average Bonchev–Trinajstić information content (AvgIpc) is 3.17. The molecule has 1 amide bonds. The minimum atomic E-state index is -0.909. The number of carboxylic acids is 1. The van der Waals surface area contributed by atoms with E-state index in [0.717, 1.165) is 5.56 Å². The van der Waals surface area contributed by atoms with E-state index in [0.29, 0.717) is 18.5 Å². The van der Waals surface area contributed by atoms with Crippen LogP contribution in [0.15, 0.2) is 24.3 Å². The fourth-order valence-electron chi connectivity index (χ4n) is 1.78. The lowest BCUT2D eigenvalue weighted by Crippen LogP contribution is -2.25. The van der Waals surface area contributed by atoms with Crippen LogP contribution in [0.1, 0.15) is 17.5 Å². The van der Waals surface area contributed by atoms with Gasteiger partial charge in [0.05, 0.1) is 23.5 Å². The van der Waals surface area contributed by atoms with Crippen molar-refractivity contribution in [1.29, 1.82) is 5.26 Å². The predicted molar refractivity (Wildman–Crippen MR) is 62.2 cm³/mol. The summed E-state index contributed by atoms with van der Waals surface area (Å²) >= 11 is 0. The van der Waals surface area contributed by atoms with Gasteiger partial charge in [-0.3, -0.25) is 9.59 Å². The third-order valence-corrected chi connectivity index (χ3v) is 2.99. The summed E-state index contributed by atoms with van der Waals surface area (Å²) in [6, 6.07) is 8.90. The second kappa shape index (κ2) is 4.88. The molecule has 92 valence electrons. The Morgan fingerprint density at radius 2 is 2.00 bits per heavy atom. The molecule has 1 aliphatic carbocycles. The normalized spacial score (nSPS) is 20.8. The van der Waals surface area contributed by atoms with Crippen LogP contribution in [0.5, 0.6) is 0 Å². The van der Waals surface area contributed by atoms with Crippen molar-refractivity contribution in [3.8, 4) is 6.07 Å². The van der Waals surface area contributed by atoms with E-state index in [1.165, 1.54) is 0 Å². The molecule has 2 N–H and O–H groups in total. The maximum absolute atomic E-state index is 11.6. The van der Waals surface area contributed by atoms with Crippen molar-refractivity contribution in [2.45, 2.75) is 13.0 Å². The number of nitriles is 1. The zero-order valence-electron chi connectivity index (χ0n) is 9.59. The van der Waals surface area contributed by atoms with Crippen LogP contribution in [0.2, 0.25) is 0 Å². The molecule has 0 radical (unpaired) electrons. The molecule has 0 spiro atoms. The van der Waals surface area contributed by atoms with Gasteiger partial charge in [0.1, 0.15) is 0 Å². The number of carbonyl (C=O) groups excluding carboxylic acids is 1. The highest BCUT2D eigenvalue weighted by atomic mass is 16.4. The van der Waals surface area contributed by atoms with Gasteiger partial charge in [0.15, 0.2) is 0 Å². The van der Waals surface area contributed by atoms with Gasteiger partial charge in [0, 0.05) is 6.54 Å². The number of carboxylic acid groups (broad SMARTS) is 1. The molecule has 5 heteroatoms.